The number of unbranched alkanes of at least 4 members (excludes halogenated alkanes) is 9. The van der Waals surface area contributed by atoms with Crippen molar-refractivity contribution < 1.29 is 28.5 Å². The number of carbonyl (C=O) groups excluding carboxylic acids is 2. The minimum atomic E-state index is -0.869. The fourth-order valence-corrected chi connectivity index (χ4v) is 7.40. The van der Waals surface area contributed by atoms with Crippen LogP contribution in [0.25, 0.3) is 0 Å². The number of benzene rings is 4. The van der Waals surface area contributed by atoms with Gasteiger partial charge in [0.15, 0.2) is 0 Å². The van der Waals surface area contributed by atoms with Crippen LogP contribution in [0.1, 0.15) is 119 Å². The molecule has 4 aromatic rings. The second kappa shape index (κ2) is 27.4. The van der Waals surface area contributed by atoms with Crippen molar-refractivity contribution in [2.24, 2.45) is 41.5 Å². The second-order valence-electron chi connectivity index (χ2n) is 17.2. The second-order valence-corrected chi connectivity index (χ2v) is 17.2. The van der Waals surface area contributed by atoms with Gasteiger partial charge >= 0.3 is 11.9 Å². The van der Waals surface area contributed by atoms with Crippen LogP contribution in [-0.2, 0) is 19.1 Å². The topological polar surface area (TPSA) is 148 Å². The van der Waals surface area contributed by atoms with Crippen LogP contribution in [0, 0.1) is 10.8 Å². The predicted molar refractivity (Wildman–Crippen MR) is 260 cm³/mol. The Morgan fingerprint density at radius 1 is 0.538 bits per heavy atom. The number of hydrogen-bond donors (Lipinski definition) is 0. The molecule has 0 aliphatic carbocycles. The molecule has 0 fully saturated rings. The molecule has 0 aliphatic rings. The molecule has 0 saturated heterocycles. The van der Waals surface area contributed by atoms with Crippen molar-refractivity contribution in [2.45, 2.75) is 119 Å². The van der Waals surface area contributed by atoms with E-state index < -0.39 is 10.8 Å². The maximum absolute atomic E-state index is 13.4. The molecule has 0 saturated carbocycles. The zero-order chi connectivity index (χ0) is 46.9. The highest BCUT2D eigenvalue weighted by Gasteiger charge is 2.43. The van der Waals surface area contributed by atoms with E-state index in [1.54, 1.807) is 38.5 Å². The third-order valence-corrected chi connectivity index (χ3v) is 11.5. The van der Waals surface area contributed by atoms with Gasteiger partial charge in [0.1, 0.15) is 29.5 Å². The lowest BCUT2D eigenvalue weighted by Crippen LogP contribution is -2.39. The lowest BCUT2D eigenvalue weighted by molar-refractivity contribution is -0.163. The van der Waals surface area contributed by atoms with Gasteiger partial charge in [-0.3, -0.25) is 9.59 Å². The third-order valence-electron chi connectivity index (χ3n) is 11.5. The fraction of sp³-hybridized carbons (Fsp3) is 0.500. The van der Waals surface area contributed by atoms with Crippen molar-refractivity contribution in [3.8, 4) is 11.5 Å². The van der Waals surface area contributed by atoms with Crippen molar-refractivity contribution >= 4 is 51.8 Å². The number of nitrogens with zero attached hydrogens (tertiary/aromatic N) is 7. The summed E-state index contributed by atoms with van der Waals surface area (Å²) >= 11 is 0. The molecule has 0 amide bonds. The maximum Gasteiger partial charge on any atom is 0.311 e. The van der Waals surface area contributed by atoms with E-state index in [-0.39, 0.29) is 18.5 Å². The molecule has 350 valence electrons. The van der Waals surface area contributed by atoms with Gasteiger partial charge in [0.25, 0.3) is 0 Å². The van der Waals surface area contributed by atoms with Crippen LogP contribution in [0.2, 0.25) is 0 Å². The first-order valence-corrected chi connectivity index (χ1v) is 23.3. The van der Waals surface area contributed by atoms with Crippen LogP contribution in [0.3, 0.4) is 0 Å². The van der Waals surface area contributed by atoms with Gasteiger partial charge in [0.2, 0.25) is 0 Å². The number of hydrogen-bond acceptors (Lipinski definition) is 13. The Hall–Kier alpha value is -5.98. The Bertz CT molecular complexity index is 2120. The number of azo groups is 3. The van der Waals surface area contributed by atoms with E-state index >= 15 is 0 Å². The summed E-state index contributed by atoms with van der Waals surface area (Å²) in [6, 6.07) is 27.8. The minimum Gasteiger partial charge on any atom is -0.494 e. The van der Waals surface area contributed by atoms with E-state index in [0.29, 0.717) is 72.5 Å². The number of methoxy groups -OCH3 is 2. The smallest absolute Gasteiger partial charge is 0.311 e. The zero-order valence-electron chi connectivity index (χ0n) is 40.1. The predicted octanol–water partition coefficient (Wildman–Crippen LogP) is 15.6. The maximum atomic E-state index is 13.4. The monoisotopic (exact) mass is 890 g/mol. The summed E-state index contributed by atoms with van der Waals surface area (Å²) in [7, 11) is 3.10. The minimum absolute atomic E-state index is 0.203. The number of ether oxygens (including phenoxy) is 4. The van der Waals surface area contributed by atoms with Gasteiger partial charge in [0, 0.05) is 24.4 Å². The molecular weight excluding hydrogens is 819 g/mol. The van der Waals surface area contributed by atoms with Gasteiger partial charge in [-0.1, -0.05) is 89.8 Å². The molecule has 0 heterocycles. The third kappa shape index (κ3) is 17.2. The van der Waals surface area contributed by atoms with Crippen molar-refractivity contribution in [3.05, 3.63) is 91.0 Å². The summed E-state index contributed by atoms with van der Waals surface area (Å²) in [5.41, 5.74) is 2.95. The normalized spacial score (nSPS) is 12.7. The van der Waals surface area contributed by atoms with Crippen LogP contribution in [-0.4, -0.2) is 52.5 Å². The average Bonchev–Trinajstić information content (AvgIpc) is 3.33. The lowest BCUT2D eigenvalue weighted by atomic mass is 9.72. The van der Waals surface area contributed by atoms with Gasteiger partial charge in [-0.05, 0) is 108 Å². The highest BCUT2D eigenvalue weighted by Crippen LogP contribution is 2.42. The summed E-state index contributed by atoms with van der Waals surface area (Å²) in [5.74, 6) is 0.329. The Kier molecular flexibility index (Phi) is 21.7. The van der Waals surface area contributed by atoms with Gasteiger partial charge in [-0.25, -0.2) is 0 Å². The van der Waals surface area contributed by atoms with E-state index in [1.165, 1.54) is 51.4 Å². The fourth-order valence-electron chi connectivity index (χ4n) is 7.40. The molecule has 0 aliphatic heterocycles. The SMILES string of the molecule is CCCCCCCCCCCCOC(=O)C(C)(CC)CC(C)(C)C(=O)OCCN(CC)c1ccc(N=Nc2cc(OC)c(N=Nc3ccc(N=Nc4ccccc4)cc3)cc2OC)cc1. The molecule has 1 unspecified atom stereocenters. The van der Waals surface area contributed by atoms with Crippen LogP contribution in [0.15, 0.2) is 122 Å². The number of likely N-dealkylation sites (N-methyl/N-ethyl adjacent to an activating group) is 1. The van der Waals surface area contributed by atoms with E-state index in [1.807, 2.05) is 101 Å². The zero-order valence-corrected chi connectivity index (χ0v) is 40.1. The van der Waals surface area contributed by atoms with Crippen molar-refractivity contribution in [1.82, 2.24) is 0 Å². The van der Waals surface area contributed by atoms with Crippen molar-refractivity contribution in [3.63, 3.8) is 0 Å². The number of rotatable bonds is 29. The molecule has 0 radical (unpaired) electrons. The van der Waals surface area contributed by atoms with Crippen LogP contribution in [0.5, 0.6) is 11.5 Å². The Labute approximate surface area is 387 Å². The van der Waals surface area contributed by atoms with Gasteiger partial charge in [0.05, 0.1) is 61.0 Å². The van der Waals surface area contributed by atoms with Crippen molar-refractivity contribution in [2.75, 3.05) is 45.4 Å². The Morgan fingerprint density at radius 2 is 0.985 bits per heavy atom. The van der Waals surface area contributed by atoms with Crippen molar-refractivity contribution in [1.29, 1.82) is 0 Å². The highest BCUT2D eigenvalue weighted by molar-refractivity contribution is 5.80. The number of esters is 2. The molecule has 65 heavy (non-hydrogen) atoms. The molecule has 0 bridgehead atoms. The summed E-state index contributed by atoms with van der Waals surface area (Å²) in [6.07, 6.45) is 13.1. The van der Waals surface area contributed by atoms with E-state index in [0.717, 1.165) is 24.2 Å². The number of carbonyl (C=O) groups is 2. The molecule has 4 aromatic carbocycles. The van der Waals surface area contributed by atoms with Crippen LogP contribution >= 0.6 is 0 Å². The molecule has 1 atom stereocenters. The van der Waals surface area contributed by atoms with Gasteiger partial charge < -0.3 is 23.8 Å². The molecule has 13 heteroatoms. The molecule has 4 rings (SSSR count). The Balaban J connectivity index is 1.26. The average molecular weight is 890 g/mol. The van der Waals surface area contributed by atoms with E-state index in [2.05, 4.69) is 42.5 Å². The van der Waals surface area contributed by atoms with Gasteiger partial charge in [-0.15, -0.1) is 10.2 Å². The highest BCUT2D eigenvalue weighted by atomic mass is 16.5. The van der Waals surface area contributed by atoms with Gasteiger partial charge in [-0.2, -0.15) is 20.5 Å². The van der Waals surface area contributed by atoms with E-state index in [9.17, 15) is 9.59 Å². The molecule has 0 spiro atoms. The molecule has 0 aromatic heterocycles. The summed E-state index contributed by atoms with van der Waals surface area (Å²) < 4.78 is 22.8. The molecular formula is C52H71N7O6. The summed E-state index contributed by atoms with van der Waals surface area (Å²) in [6.45, 7) is 13.7. The summed E-state index contributed by atoms with van der Waals surface area (Å²) in [4.78, 5) is 28.8. The summed E-state index contributed by atoms with van der Waals surface area (Å²) in [5, 5.41) is 26.2. The van der Waals surface area contributed by atoms with E-state index in [4.69, 9.17) is 18.9 Å². The van der Waals surface area contributed by atoms with Crippen LogP contribution < -0.4 is 14.4 Å². The lowest BCUT2D eigenvalue weighted by Gasteiger charge is -2.34. The number of anilines is 1. The largest absolute Gasteiger partial charge is 0.494 e. The molecule has 13 nitrogen and oxygen atoms in total. The molecule has 0 N–H and O–H groups in total. The standard InChI is InChI=1S/C52H71N7O6/c1-9-12-13-14-15-16-17-18-19-23-35-64-50(61)52(6,10-2)39-51(4,5)49(60)65-36-34-59(11-3)44-32-30-43(31-33-44)56-58-46-38-47(62-7)45(37-48(46)63-8)57-55-42-28-26-41(27-29-42)54-53-40-24-21-20-22-25-40/h20-22,24-33,37-38H,9-19,23,34-36,39H2,1-8H3. The first-order chi connectivity index (χ1) is 31.4. The Morgan fingerprint density at radius 3 is 1.46 bits per heavy atom. The van der Waals surface area contributed by atoms with Crippen LogP contribution in [0.4, 0.5) is 39.8 Å². The first-order valence-electron chi connectivity index (χ1n) is 23.3. The quantitative estimate of drug-likeness (QED) is 0.0299. The first kappa shape index (κ1) is 51.7.